The van der Waals surface area contributed by atoms with E-state index >= 15 is 0 Å². The number of benzene rings is 2. The summed E-state index contributed by atoms with van der Waals surface area (Å²) in [6, 6.07) is 11.8. The van der Waals surface area contributed by atoms with E-state index in [4.69, 9.17) is 37.5 Å². The molecule has 0 unspecified atom stereocenters. The number of hydrogen-bond acceptors (Lipinski definition) is 10. The molecular formula is C35H43Cl2N7O4. The van der Waals surface area contributed by atoms with Crippen molar-refractivity contribution in [2.45, 2.75) is 63.8 Å². The van der Waals surface area contributed by atoms with E-state index < -0.39 is 0 Å². The number of ether oxygens (including phenoxy) is 2. The van der Waals surface area contributed by atoms with E-state index in [0.717, 1.165) is 56.7 Å². The molecule has 0 radical (unpaired) electrons. The molecule has 6 rings (SSSR count). The number of piperidine rings is 1. The number of anilines is 5. The number of nitrogens with one attached hydrogen (secondary N) is 2. The van der Waals surface area contributed by atoms with E-state index in [0.29, 0.717) is 57.9 Å². The van der Waals surface area contributed by atoms with Crippen molar-refractivity contribution >= 4 is 57.8 Å². The Morgan fingerprint density at radius 2 is 1.85 bits per heavy atom. The van der Waals surface area contributed by atoms with Gasteiger partial charge < -0.3 is 25.0 Å². The quantitative estimate of drug-likeness (QED) is 0.229. The van der Waals surface area contributed by atoms with Crippen LogP contribution < -0.4 is 25.3 Å². The second-order valence-corrected chi connectivity index (χ2v) is 13.4. The van der Waals surface area contributed by atoms with Gasteiger partial charge >= 0.3 is 0 Å². The molecule has 0 bridgehead atoms. The maximum absolute atomic E-state index is 12.6. The lowest BCUT2D eigenvalue weighted by Crippen LogP contribution is -2.53. The average Bonchev–Trinajstić information content (AvgIpc) is 3.55. The molecular weight excluding hydrogens is 653 g/mol. The van der Waals surface area contributed by atoms with Crippen molar-refractivity contribution in [3.8, 4) is 5.75 Å². The zero-order valence-electron chi connectivity index (χ0n) is 27.6. The number of amides is 1. The molecule has 3 aliphatic heterocycles. The third-order valence-corrected chi connectivity index (χ3v) is 10.0. The molecule has 4 heterocycles. The molecule has 256 valence electrons. The van der Waals surface area contributed by atoms with Gasteiger partial charge in [-0.2, -0.15) is 0 Å². The fourth-order valence-electron chi connectivity index (χ4n) is 6.95. The summed E-state index contributed by atoms with van der Waals surface area (Å²) < 4.78 is 11.8. The van der Waals surface area contributed by atoms with E-state index in [1.807, 2.05) is 35.4 Å². The Kier molecular flexibility index (Phi) is 10.9. The molecule has 13 heteroatoms. The Labute approximate surface area is 292 Å². The van der Waals surface area contributed by atoms with Crippen molar-refractivity contribution in [1.82, 2.24) is 14.9 Å². The maximum Gasteiger partial charge on any atom is 0.247 e. The summed E-state index contributed by atoms with van der Waals surface area (Å²) in [5, 5.41) is 9.28. The molecule has 0 saturated carbocycles. The average molecular weight is 697 g/mol. The highest BCUT2D eigenvalue weighted by atomic mass is 35.5. The van der Waals surface area contributed by atoms with Gasteiger partial charge in [-0.15, -0.1) is 0 Å². The van der Waals surface area contributed by atoms with Gasteiger partial charge in [0.2, 0.25) is 5.91 Å². The van der Waals surface area contributed by atoms with Crippen molar-refractivity contribution < 1.29 is 19.1 Å². The van der Waals surface area contributed by atoms with Crippen LogP contribution in [-0.2, 0) is 20.8 Å². The summed E-state index contributed by atoms with van der Waals surface area (Å²) in [6.07, 6.45) is 6.72. The van der Waals surface area contributed by atoms with Crippen molar-refractivity contribution in [2.24, 2.45) is 0 Å². The Hall–Kier alpha value is -3.61. The van der Waals surface area contributed by atoms with Crippen molar-refractivity contribution in [1.29, 1.82) is 0 Å². The Morgan fingerprint density at radius 3 is 2.58 bits per heavy atom. The molecule has 3 aliphatic rings. The zero-order valence-corrected chi connectivity index (χ0v) is 29.1. The number of methoxy groups -OCH3 is 1. The maximum atomic E-state index is 12.6. The van der Waals surface area contributed by atoms with Crippen LogP contribution >= 0.6 is 23.2 Å². The van der Waals surface area contributed by atoms with E-state index in [-0.39, 0.29) is 24.2 Å². The molecule has 3 aromatic rings. The lowest BCUT2D eigenvalue weighted by atomic mass is 10.00. The summed E-state index contributed by atoms with van der Waals surface area (Å²) in [4.78, 5) is 32.4. The number of carbonyl (C=O) groups is 1. The molecule has 3 fully saturated rings. The molecule has 3 atom stereocenters. The zero-order chi connectivity index (χ0) is 33.8. The van der Waals surface area contributed by atoms with Crippen LogP contribution in [0.2, 0.25) is 10.0 Å². The molecule has 11 nitrogen and oxygen atoms in total. The first-order valence-electron chi connectivity index (χ1n) is 16.5. The standard InChI is InChI=1S/C35H43Cl2N7O4/c1-5-34(45)41-28-16-29(31(46-4)17-30(28)42-12-9-25(10-13-42)43-19-22(2)48-23(3)20-43)40-32-18-33(39-21-38-32)44-26(11-14-47-44)15-24-7-6-8-27(36)35(24)37/h5-8,16-18,21-23,25-26H,1,9-15,19-20H2,2-4H3,(H,41,45)(H,38,39,40)/t22-,23+,26-/m1/s1. The van der Waals surface area contributed by atoms with Gasteiger partial charge in [-0.05, 0) is 63.3 Å². The number of halogens is 2. The van der Waals surface area contributed by atoms with E-state index in [9.17, 15) is 4.79 Å². The highest BCUT2D eigenvalue weighted by molar-refractivity contribution is 6.42. The number of nitrogens with zero attached hydrogens (tertiary/aromatic N) is 5. The highest BCUT2D eigenvalue weighted by Gasteiger charge is 2.32. The van der Waals surface area contributed by atoms with E-state index in [2.05, 4.69) is 50.8 Å². The van der Waals surface area contributed by atoms with Crippen LogP contribution in [0.3, 0.4) is 0 Å². The number of rotatable bonds is 10. The SMILES string of the molecule is C=CC(=O)Nc1cc(Nc2cc(N3OCC[C@@H]3Cc3cccc(Cl)c3Cl)ncn2)c(OC)cc1N1CCC(N2C[C@@H](C)O[C@@H](C)C2)CC1. The fourth-order valence-corrected chi connectivity index (χ4v) is 7.35. The minimum Gasteiger partial charge on any atom is -0.494 e. The fraction of sp³-hybridized carbons (Fsp3) is 0.457. The minimum absolute atomic E-state index is 0.0115. The number of hydroxylamine groups is 1. The molecule has 48 heavy (non-hydrogen) atoms. The minimum atomic E-state index is -0.292. The van der Waals surface area contributed by atoms with Gasteiger partial charge in [-0.25, -0.2) is 15.0 Å². The van der Waals surface area contributed by atoms with Gasteiger partial charge in [0.15, 0.2) is 5.82 Å². The van der Waals surface area contributed by atoms with Crippen LogP contribution in [0.1, 0.15) is 38.7 Å². The van der Waals surface area contributed by atoms with Crippen LogP contribution in [0.25, 0.3) is 0 Å². The predicted octanol–water partition coefficient (Wildman–Crippen LogP) is 6.49. The Morgan fingerprint density at radius 1 is 1.08 bits per heavy atom. The van der Waals surface area contributed by atoms with Gasteiger partial charge in [0.05, 0.1) is 59.1 Å². The number of carbonyl (C=O) groups excluding carboxylic acids is 1. The summed E-state index contributed by atoms with van der Waals surface area (Å²) >= 11 is 12.8. The van der Waals surface area contributed by atoms with E-state index in [1.54, 1.807) is 13.2 Å². The summed E-state index contributed by atoms with van der Waals surface area (Å²) in [7, 11) is 1.63. The lowest BCUT2D eigenvalue weighted by Gasteiger charge is -2.44. The number of morpholine rings is 1. The first-order valence-corrected chi connectivity index (χ1v) is 17.2. The first kappa shape index (κ1) is 34.3. The molecule has 3 saturated heterocycles. The number of aromatic nitrogens is 2. The van der Waals surface area contributed by atoms with Crippen molar-refractivity contribution in [3.05, 3.63) is 71.0 Å². The summed E-state index contributed by atoms with van der Waals surface area (Å²) in [5.74, 6) is 1.47. The Bertz CT molecular complexity index is 1610. The monoisotopic (exact) mass is 695 g/mol. The molecule has 2 aromatic carbocycles. The molecule has 0 spiro atoms. The normalized spacial score (nSPS) is 22.1. The largest absolute Gasteiger partial charge is 0.494 e. The smallest absolute Gasteiger partial charge is 0.247 e. The van der Waals surface area contributed by atoms with Crippen LogP contribution in [0.5, 0.6) is 5.75 Å². The second-order valence-electron chi connectivity index (χ2n) is 12.6. The Balaban J connectivity index is 1.21. The van der Waals surface area contributed by atoms with Crippen LogP contribution in [0.15, 0.2) is 55.4 Å². The van der Waals surface area contributed by atoms with Gasteiger partial charge in [0.1, 0.15) is 17.9 Å². The summed E-state index contributed by atoms with van der Waals surface area (Å²) in [5.41, 5.74) is 3.14. The van der Waals surface area contributed by atoms with E-state index in [1.165, 1.54) is 12.4 Å². The van der Waals surface area contributed by atoms with Crippen molar-refractivity contribution in [2.75, 3.05) is 60.5 Å². The molecule has 2 N–H and O–H groups in total. The van der Waals surface area contributed by atoms with Crippen LogP contribution in [0.4, 0.5) is 28.7 Å². The third kappa shape index (κ3) is 7.82. The topological polar surface area (TPSA) is 104 Å². The van der Waals surface area contributed by atoms with Gasteiger partial charge in [-0.3, -0.25) is 14.5 Å². The highest BCUT2D eigenvalue weighted by Crippen LogP contribution is 2.40. The predicted molar refractivity (Wildman–Crippen MR) is 191 cm³/mol. The van der Waals surface area contributed by atoms with Crippen LogP contribution in [-0.4, -0.2) is 85.0 Å². The second kappa shape index (κ2) is 15.3. The summed E-state index contributed by atoms with van der Waals surface area (Å²) in [6.45, 7) is 12.1. The lowest BCUT2D eigenvalue weighted by molar-refractivity contribution is -0.111. The van der Waals surface area contributed by atoms with Gasteiger partial charge in [-0.1, -0.05) is 41.9 Å². The molecule has 1 aromatic heterocycles. The van der Waals surface area contributed by atoms with Crippen LogP contribution in [0, 0.1) is 0 Å². The first-order chi connectivity index (χ1) is 23.2. The molecule has 1 amide bonds. The van der Waals surface area contributed by atoms with Gasteiger partial charge in [0.25, 0.3) is 0 Å². The van der Waals surface area contributed by atoms with Gasteiger partial charge in [0, 0.05) is 44.4 Å². The van der Waals surface area contributed by atoms with Crippen molar-refractivity contribution in [3.63, 3.8) is 0 Å². The third-order valence-electron chi connectivity index (χ3n) is 9.17. The molecule has 0 aliphatic carbocycles. The number of hydrogen-bond donors (Lipinski definition) is 2.